The van der Waals surface area contributed by atoms with E-state index in [1.807, 2.05) is 20.8 Å². The van der Waals surface area contributed by atoms with Gasteiger partial charge in [-0.2, -0.15) is 0 Å². The summed E-state index contributed by atoms with van der Waals surface area (Å²) in [5.74, 6) is 0.807. The van der Waals surface area contributed by atoms with Crippen LogP contribution in [0.2, 0.25) is 0 Å². The highest BCUT2D eigenvalue weighted by Gasteiger charge is 2.10. The van der Waals surface area contributed by atoms with Crippen molar-refractivity contribution >= 4 is 5.97 Å². The van der Waals surface area contributed by atoms with Crippen molar-refractivity contribution in [2.75, 3.05) is 0 Å². The van der Waals surface area contributed by atoms with Gasteiger partial charge in [0.25, 0.3) is 0 Å². The number of hydrogen-bond acceptors (Lipinski definition) is 4. The Bertz CT molecular complexity index is 395. The zero-order valence-electron chi connectivity index (χ0n) is 12.2. The highest BCUT2D eigenvalue weighted by molar-refractivity contribution is 5.74. The highest BCUT2D eigenvalue weighted by atomic mass is 16.7. The van der Waals surface area contributed by atoms with Gasteiger partial charge in [-0.3, -0.25) is 4.79 Å². The molecule has 0 heterocycles. The van der Waals surface area contributed by atoms with E-state index < -0.39 is 0 Å². The second-order valence-electron chi connectivity index (χ2n) is 4.92. The Morgan fingerprint density at radius 3 is 1.95 bits per heavy atom. The first-order valence-corrected chi connectivity index (χ1v) is 6.52. The van der Waals surface area contributed by atoms with E-state index in [0.29, 0.717) is 11.5 Å². The topological polar surface area (TPSA) is 44.8 Å². The molecule has 0 saturated heterocycles. The first-order chi connectivity index (χ1) is 8.88. The lowest BCUT2D eigenvalue weighted by molar-refractivity contribution is -0.137. The Balaban J connectivity index is 2.54. The molecule has 19 heavy (non-hydrogen) atoms. The largest absolute Gasteiger partial charge is 0.465 e. The molecule has 0 bridgehead atoms. The maximum absolute atomic E-state index is 11.4. The van der Waals surface area contributed by atoms with Crippen molar-refractivity contribution in [1.82, 2.24) is 0 Å². The molecule has 106 valence electrons. The molecule has 1 unspecified atom stereocenters. The van der Waals surface area contributed by atoms with E-state index in [9.17, 15) is 4.79 Å². The monoisotopic (exact) mass is 266 g/mol. The number of rotatable bonds is 6. The molecule has 4 heteroatoms. The summed E-state index contributed by atoms with van der Waals surface area (Å²) in [5.41, 5.74) is 0. The Morgan fingerprint density at radius 1 is 0.947 bits per heavy atom. The minimum absolute atomic E-state index is 0.112. The fourth-order valence-corrected chi connectivity index (χ4v) is 1.42. The van der Waals surface area contributed by atoms with Gasteiger partial charge in [0.2, 0.25) is 0 Å². The predicted molar refractivity (Wildman–Crippen MR) is 73.2 cm³/mol. The lowest BCUT2D eigenvalue weighted by atomic mass is 10.2. The lowest BCUT2D eigenvalue weighted by Crippen LogP contribution is -2.20. The molecule has 0 radical (unpaired) electrons. The molecule has 0 aromatic heterocycles. The van der Waals surface area contributed by atoms with Crippen LogP contribution in [0, 0.1) is 5.92 Å². The smallest absolute Gasteiger partial charge is 0.313 e. The van der Waals surface area contributed by atoms with Gasteiger partial charge in [-0.1, -0.05) is 13.8 Å². The molecule has 4 nitrogen and oxygen atoms in total. The minimum atomic E-state index is -0.316. The van der Waals surface area contributed by atoms with Crippen molar-refractivity contribution < 1.29 is 19.0 Å². The third-order valence-corrected chi connectivity index (χ3v) is 2.28. The fourth-order valence-electron chi connectivity index (χ4n) is 1.42. The third kappa shape index (κ3) is 5.75. The molecule has 0 N–H and O–H groups in total. The van der Waals surface area contributed by atoms with Gasteiger partial charge in [0.1, 0.15) is 11.5 Å². The summed E-state index contributed by atoms with van der Waals surface area (Å²) in [6, 6.07) is 6.92. The average Bonchev–Trinajstić information content (AvgIpc) is 2.30. The van der Waals surface area contributed by atoms with E-state index in [1.165, 1.54) is 0 Å². The fraction of sp³-hybridized carbons (Fsp3) is 0.533. The first kappa shape index (κ1) is 15.5. The van der Waals surface area contributed by atoms with Crippen LogP contribution in [0.3, 0.4) is 0 Å². The molecule has 0 aliphatic heterocycles. The number of esters is 1. The molecular weight excluding hydrogens is 244 g/mol. The van der Waals surface area contributed by atoms with Crippen molar-refractivity contribution in [3.05, 3.63) is 24.3 Å². The summed E-state index contributed by atoms with van der Waals surface area (Å²) in [4.78, 5) is 11.4. The first-order valence-electron chi connectivity index (χ1n) is 6.52. The third-order valence-electron chi connectivity index (χ3n) is 2.28. The van der Waals surface area contributed by atoms with Crippen molar-refractivity contribution in [3.63, 3.8) is 0 Å². The molecule has 0 aliphatic carbocycles. The van der Waals surface area contributed by atoms with Gasteiger partial charge in [0.05, 0.1) is 12.0 Å². The maximum Gasteiger partial charge on any atom is 0.313 e. The second-order valence-corrected chi connectivity index (χ2v) is 4.92. The van der Waals surface area contributed by atoms with Gasteiger partial charge < -0.3 is 14.2 Å². The predicted octanol–water partition coefficient (Wildman–Crippen LogP) is 3.40. The van der Waals surface area contributed by atoms with E-state index in [-0.39, 0.29) is 24.3 Å². The van der Waals surface area contributed by atoms with E-state index >= 15 is 0 Å². The molecule has 1 atom stereocenters. The van der Waals surface area contributed by atoms with Gasteiger partial charge in [0, 0.05) is 0 Å². The van der Waals surface area contributed by atoms with E-state index in [2.05, 4.69) is 0 Å². The summed E-state index contributed by atoms with van der Waals surface area (Å²) >= 11 is 0. The van der Waals surface area contributed by atoms with Crippen LogP contribution < -0.4 is 9.47 Å². The summed E-state index contributed by atoms with van der Waals surface area (Å²) < 4.78 is 16.2. The van der Waals surface area contributed by atoms with E-state index in [4.69, 9.17) is 14.2 Å². The molecule has 0 fully saturated rings. The minimum Gasteiger partial charge on any atom is -0.465 e. The molecule has 1 aromatic carbocycles. The molecular formula is C15H22O4. The molecule has 1 aromatic rings. The summed E-state index contributed by atoms with van der Waals surface area (Å²) in [6.45, 7) is 9.34. The van der Waals surface area contributed by atoms with Crippen LogP contribution in [0.1, 0.15) is 34.6 Å². The van der Waals surface area contributed by atoms with E-state index in [0.717, 1.165) is 0 Å². The van der Waals surface area contributed by atoms with Gasteiger partial charge in [-0.05, 0) is 45.0 Å². The van der Waals surface area contributed by atoms with Crippen molar-refractivity contribution in [2.45, 2.75) is 47.0 Å². The van der Waals surface area contributed by atoms with Crippen LogP contribution in [0.15, 0.2) is 24.3 Å². The van der Waals surface area contributed by atoms with Crippen molar-refractivity contribution in [3.8, 4) is 11.5 Å². The molecule has 0 aliphatic rings. The van der Waals surface area contributed by atoms with Gasteiger partial charge in [0.15, 0.2) is 6.29 Å². The number of benzene rings is 1. The number of carbonyl (C=O) groups excluding carboxylic acids is 1. The Kier molecular flexibility index (Phi) is 5.83. The van der Waals surface area contributed by atoms with Crippen LogP contribution in [-0.4, -0.2) is 18.4 Å². The van der Waals surface area contributed by atoms with Gasteiger partial charge >= 0.3 is 5.97 Å². The highest BCUT2D eigenvalue weighted by Crippen LogP contribution is 2.20. The summed E-state index contributed by atoms with van der Waals surface area (Å²) in [7, 11) is 0. The van der Waals surface area contributed by atoms with Gasteiger partial charge in [-0.15, -0.1) is 0 Å². The quantitative estimate of drug-likeness (QED) is 0.450. The van der Waals surface area contributed by atoms with Crippen LogP contribution in [0.25, 0.3) is 0 Å². The van der Waals surface area contributed by atoms with Crippen LogP contribution in [0.4, 0.5) is 0 Å². The zero-order chi connectivity index (χ0) is 14.4. The molecule has 0 saturated carbocycles. The van der Waals surface area contributed by atoms with Crippen molar-refractivity contribution in [1.29, 1.82) is 0 Å². The average molecular weight is 266 g/mol. The Labute approximate surface area is 114 Å². The summed E-state index contributed by atoms with van der Waals surface area (Å²) in [6.07, 6.45) is -0.203. The molecule has 1 rings (SSSR count). The Hall–Kier alpha value is -1.55. The summed E-state index contributed by atoms with van der Waals surface area (Å²) in [5, 5.41) is 0. The van der Waals surface area contributed by atoms with Crippen LogP contribution in [-0.2, 0) is 9.53 Å². The second kappa shape index (κ2) is 7.14. The number of ether oxygens (including phenoxy) is 3. The van der Waals surface area contributed by atoms with Crippen LogP contribution >= 0.6 is 0 Å². The van der Waals surface area contributed by atoms with Crippen molar-refractivity contribution in [2.24, 2.45) is 5.92 Å². The Morgan fingerprint density at radius 2 is 1.47 bits per heavy atom. The van der Waals surface area contributed by atoms with Gasteiger partial charge in [-0.25, -0.2) is 0 Å². The SMILES string of the molecule is CC(C)OC(C)Oc1ccc(OC(=O)C(C)C)cc1. The molecule has 0 amide bonds. The maximum atomic E-state index is 11.4. The molecule has 0 spiro atoms. The van der Waals surface area contributed by atoms with E-state index in [1.54, 1.807) is 38.1 Å². The lowest BCUT2D eigenvalue weighted by Gasteiger charge is -2.17. The number of hydrogen-bond donors (Lipinski definition) is 0. The zero-order valence-corrected chi connectivity index (χ0v) is 12.2. The number of carbonyl (C=O) groups is 1. The van der Waals surface area contributed by atoms with Crippen LogP contribution in [0.5, 0.6) is 11.5 Å². The standard InChI is InChI=1S/C15H22O4/c1-10(2)15(16)19-14-8-6-13(7-9-14)18-12(5)17-11(3)4/h6-12H,1-5H3. The normalized spacial score (nSPS) is 12.6.